The lowest BCUT2D eigenvalue weighted by molar-refractivity contribution is -0.192. The first-order valence-corrected chi connectivity index (χ1v) is 19.9. The summed E-state index contributed by atoms with van der Waals surface area (Å²) in [6, 6.07) is 16.6. The van der Waals surface area contributed by atoms with Crippen molar-refractivity contribution in [3.8, 4) is 17.6 Å². The van der Waals surface area contributed by atoms with Gasteiger partial charge in [-0.15, -0.1) is 11.6 Å². The molecule has 0 saturated carbocycles. The summed E-state index contributed by atoms with van der Waals surface area (Å²) >= 11 is 12.3. The van der Waals surface area contributed by atoms with Crippen molar-refractivity contribution < 1.29 is 32.5 Å². The van der Waals surface area contributed by atoms with Gasteiger partial charge in [0, 0.05) is 50.4 Å². The molecule has 3 aliphatic rings. The van der Waals surface area contributed by atoms with E-state index in [0.717, 1.165) is 60.6 Å². The Labute approximate surface area is 336 Å². The molecule has 3 aliphatic heterocycles. The van der Waals surface area contributed by atoms with Crippen molar-refractivity contribution in [2.45, 2.75) is 63.8 Å². The van der Waals surface area contributed by atoms with E-state index in [1.807, 2.05) is 36.5 Å². The van der Waals surface area contributed by atoms with E-state index in [1.165, 1.54) is 58.4 Å². The minimum atomic E-state index is -5.08. The molecule has 0 atom stereocenters. The number of likely N-dealkylation sites (tertiary alicyclic amines) is 1. The lowest BCUT2D eigenvalue weighted by Gasteiger charge is -2.43. The molecule has 16 heteroatoms. The quantitative estimate of drug-likeness (QED) is 0.189. The van der Waals surface area contributed by atoms with Crippen LogP contribution in [0.2, 0.25) is 5.02 Å². The molecule has 6 rings (SSSR count). The van der Waals surface area contributed by atoms with E-state index in [1.54, 1.807) is 0 Å². The molecular weight excluding hydrogens is 770 g/mol. The molecule has 0 amide bonds. The van der Waals surface area contributed by atoms with Gasteiger partial charge in [0.25, 0.3) is 0 Å². The van der Waals surface area contributed by atoms with Gasteiger partial charge in [0.05, 0.1) is 22.2 Å². The number of nitrogens with zero attached hydrogens (tertiary/aromatic N) is 6. The summed E-state index contributed by atoms with van der Waals surface area (Å²) < 4.78 is 43.5. The second-order valence-electron chi connectivity index (χ2n) is 14.8. The molecule has 0 spiro atoms. The highest BCUT2D eigenvalue weighted by atomic mass is 35.5. The van der Waals surface area contributed by atoms with Crippen LogP contribution in [0.1, 0.15) is 61.9 Å². The monoisotopic (exact) mass is 819 g/mol. The van der Waals surface area contributed by atoms with Gasteiger partial charge in [0.1, 0.15) is 25.0 Å². The molecule has 304 valence electrons. The zero-order chi connectivity index (χ0) is 40.3. The average molecular weight is 821 g/mol. The number of nitrogens with one attached hydrogen (secondary N) is 1. The summed E-state index contributed by atoms with van der Waals surface area (Å²) in [7, 11) is 0. The van der Waals surface area contributed by atoms with E-state index in [2.05, 4.69) is 57.0 Å². The minimum Gasteiger partial charge on any atom is -0.489 e. The average Bonchev–Trinajstić information content (AvgIpc) is 3.20. The molecule has 0 unspecified atom stereocenters. The maximum atomic E-state index is 10.6. The Morgan fingerprint density at radius 3 is 2.25 bits per heavy atom. The number of piperazine rings is 1. The Kier molecular flexibility index (Phi) is 15.5. The first-order chi connectivity index (χ1) is 26.8. The maximum Gasteiger partial charge on any atom is 0.490 e. The number of alkyl halides is 4. The zero-order valence-corrected chi connectivity index (χ0v) is 33.3. The summed E-state index contributed by atoms with van der Waals surface area (Å²) in [6.07, 6.45) is 1.97. The highest BCUT2D eigenvalue weighted by Gasteiger charge is 2.38. The van der Waals surface area contributed by atoms with E-state index in [0.29, 0.717) is 34.9 Å². The number of anilines is 1. The second kappa shape index (κ2) is 20.0. The molecule has 56 heavy (non-hydrogen) atoms. The smallest absolute Gasteiger partial charge is 0.489 e. The maximum absolute atomic E-state index is 10.6. The Morgan fingerprint density at radius 2 is 1.64 bits per heavy atom. The number of hydrogen-bond acceptors (Lipinski definition) is 10. The number of nitriles is 1. The molecule has 3 saturated heterocycles. The molecule has 11 nitrogen and oxygen atoms in total. The van der Waals surface area contributed by atoms with Gasteiger partial charge in [-0.3, -0.25) is 4.90 Å². The fourth-order valence-electron chi connectivity index (χ4n) is 7.42. The van der Waals surface area contributed by atoms with Crippen molar-refractivity contribution >= 4 is 35.1 Å². The van der Waals surface area contributed by atoms with Crippen molar-refractivity contribution in [3.63, 3.8) is 0 Å². The van der Waals surface area contributed by atoms with Gasteiger partial charge in [0.2, 0.25) is 5.95 Å². The van der Waals surface area contributed by atoms with Gasteiger partial charge >= 0.3 is 12.1 Å². The van der Waals surface area contributed by atoms with Crippen LogP contribution in [0, 0.1) is 17.2 Å². The van der Waals surface area contributed by atoms with Gasteiger partial charge < -0.3 is 29.7 Å². The zero-order valence-electron chi connectivity index (χ0n) is 31.8. The van der Waals surface area contributed by atoms with Crippen LogP contribution in [-0.2, 0) is 16.8 Å². The Morgan fingerprint density at radius 1 is 0.982 bits per heavy atom. The van der Waals surface area contributed by atoms with E-state index >= 15 is 0 Å². The van der Waals surface area contributed by atoms with Gasteiger partial charge in [0.15, 0.2) is 5.75 Å². The third-order valence-corrected chi connectivity index (χ3v) is 11.2. The van der Waals surface area contributed by atoms with Gasteiger partial charge in [-0.25, -0.2) is 14.8 Å². The molecule has 0 bridgehead atoms. The van der Waals surface area contributed by atoms with Gasteiger partial charge in [-0.1, -0.05) is 37.6 Å². The fraction of sp³-hybridized carbons (Fsp3) is 0.550. The number of aliphatic carboxylic acids is 1. The molecule has 0 radical (unpaired) electrons. The number of piperidine rings is 2. The number of rotatable bonds is 12. The van der Waals surface area contributed by atoms with Gasteiger partial charge in [-0.05, 0) is 99.2 Å². The summed E-state index contributed by atoms with van der Waals surface area (Å²) in [5.41, 5.74) is 2.83. The summed E-state index contributed by atoms with van der Waals surface area (Å²) in [5, 5.41) is 20.8. The highest BCUT2D eigenvalue weighted by molar-refractivity contribution is 6.32. The van der Waals surface area contributed by atoms with Crippen LogP contribution >= 0.6 is 23.2 Å². The number of carboxylic acids is 1. The lowest BCUT2D eigenvalue weighted by atomic mass is 9.77. The van der Waals surface area contributed by atoms with Crippen molar-refractivity contribution in [2.75, 3.05) is 76.3 Å². The highest BCUT2D eigenvalue weighted by Crippen LogP contribution is 2.38. The standard InChI is InChI=1S/C38H49Cl2N7O2.C2HF3O2/c1-38(2,31-23-29(25-41)36(35(40)24-31)48-22-12-39)30-3-5-34(6-4-30)49-27-32-9-15-43-37(44-32)47-20-18-46(19-21-47)33-10-16-45(17-11-33)26-28-7-13-42-14-8-28;3-2(4,5)1(6)7/h3-6,9,15,23-24,28,33,42H,7-8,10-14,16-22,26-27H2,1-2H3;(H,6,7). The number of carbonyl (C=O) groups is 1. The molecular formula is C40H50Cl2F3N7O4. The van der Waals surface area contributed by atoms with Crippen LogP contribution in [0.15, 0.2) is 48.7 Å². The molecule has 3 fully saturated rings. The van der Waals surface area contributed by atoms with Crippen LogP contribution in [-0.4, -0.2) is 114 Å². The first kappa shape index (κ1) is 43.3. The van der Waals surface area contributed by atoms with Gasteiger partial charge in [-0.2, -0.15) is 18.4 Å². The lowest BCUT2D eigenvalue weighted by Crippen LogP contribution is -2.54. The first-order valence-electron chi connectivity index (χ1n) is 19.0. The fourth-order valence-corrected chi connectivity index (χ4v) is 7.77. The summed E-state index contributed by atoms with van der Waals surface area (Å²) in [5.74, 6) is 0.348. The third-order valence-electron chi connectivity index (χ3n) is 10.8. The normalized spacial score (nSPS) is 17.8. The molecule has 2 aromatic carbocycles. The van der Waals surface area contributed by atoms with E-state index in [4.69, 9.17) is 47.6 Å². The Bertz CT molecular complexity index is 1770. The molecule has 4 heterocycles. The molecule has 3 aromatic rings. The minimum absolute atomic E-state index is 0.284. The molecule has 1 aromatic heterocycles. The number of benzene rings is 2. The number of halogens is 5. The number of carboxylic acid groups (broad SMARTS) is 1. The Balaban J connectivity index is 0.000000784. The van der Waals surface area contributed by atoms with Crippen LogP contribution < -0.4 is 19.7 Å². The number of aromatic nitrogens is 2. The predicted molar refractivity (Wildman–Crippen MR) is 210 cm³/mol. The topological polar surface area (TPSA) is 127 Å². The van der Waals surface area contributed by atoms with E-state index < -0.39 is 17.6 Å². The second-order valence-corrected chi connectivity index (χ2v) is 15.6. The summed E-state index contributed by atoms with van der Waals surface area (Å²) in [6.45, 7) is 15.0. The SMILES string of the molecule is CC(C)(c1ccc(OCc2ccnc(N3CCN(C4CCN(CC5CCNCC5)CC4)CC3)n2)cc1)c1cc(Cl)c(OCCCl)c(C#N)c1.O=C(O)C(F)(F)F. The summed E-state index contributed by atoms with van der Waals surface area (Å²) in [4.78, 5) is 26.1. The van der Waals surface area contributed by atoms with Crippen LogP contribution in [0.5, 0.6) is 11.5 Å². The Hall–Kier alpha value is -3.87. The predicted octanol–water partition coefficient (Wildman–Crippen LogP) is 6.74. The third kappa shape index (κ3) is 11.8. The van der Waals surface area contributed by atoms with Crippen molar-refractivity contribution in [1.29, 1.82) is 5.26 Å². The van der Waals surface area contributed by atoms with Crippen molar-refractivity contribution in [3.05, 3.63) is 76.1 Å². The van der Waals surface area contributed by atoms with Crippen LogP contribution in [0.3, 0.4) is 0 Å². The molecule has 2 N–H and O–H groups in total. The molecule has 0 aliphatic carbocycles. The van der Waals surface area contributed by atoms with E-state index in [-0.39, 0.29) is 6.61 Å². The van der Waals surface area contributed by atoms with Crippen molar-refractivity contribution in [1.82, 2.24) is 25.1 Å². The van der Waals surface area contributed by atoms with E-state index in [9.17, 15) is 18.4 Å². The van der Waals surface area contributed by atoms with Crippen LogP contribution in [0.4, 0.5) is 19.1 Å². The number of hydrogen-bond donors (Lipinski definition) is 2. The van der Waals surface area contributed by atoms with Crippen molar-refractivity contribution in [2.24, 2.45) is 5.92 Å². The number of ether oxygens (including phenoxy) is 2. The van der Waals surface area contributed by atoms with Crippen LogP contribution in [0.25, 0.3) is 0 Å². The largest absolute Gasteiger partial charge is 0.490 e.